The number of hydrogen-bond donors (Lipinski definition) is 1. The normalized spacial score (nSPS) is 12.4. The highest BCUT2D eigenvalue weighted by Crippen LogP contribution is 2.30. The first-order valence-electron chi connectivity index (χ1n) is 6.56. The molecule has 106 valence electrons. The standard InChI is InChI=1S/C16H16Cl2IN/c1-2-9-20-16(12-5-3-4-6-15(12)19)11-7-8-13(17)14(18)10-11/h3-8,10,16,20H,2,9H2,1H3. The van der Waals surface area contributed by atoms with Crippen molar-refractivity contribution >= 4 is 45.8 Å². The fraction of sp³-hybridized carbons (Fsp3) is 0.250. The molecule has 0 aliphatic rings. The summed E-state index contributed by atoms with van der Waals surface area (Å²) in [4.78, 5) is 0. The Bertz CT molecular complexity index is 586. The van der Waals surface area contributed by atoms with E-state index in [1.54, 1.807) is 0 Å². The van der Waals surface area contributed by atoms with Crippen LogP contribution in [0.4, 0.5) is 0 Å². The monoisotopic (exact) mass is 419 g/mol. The van der Waals surface area contributed by atoms with Crippen LogP contribution in [-0.2, 0) is 0 Å². The summed E-state index contributed by atoms with van der Waals surface area (Å²) >= 11 is 14.5. The molecule has 1 nitrogen and oxygen atoms in total. The summed E-state index contributed by atoms with van der Waals surface area (Å²) in [5.74, 6) is 0. The molecular formula is C16H16Cl2IN. The van der Waals surface area contributed by atoms with Crippen LogP contribution in [0.2, 0.25) is 10.0 Å². The van der Waals surface area contributed by atoms with E-state index in [9.17, 15) is 0 Å². The third-order valence-corrected chi connectivity index (χ3v) is 4.81. The molecule has 2 rings (SSSR count). The van der Waals surface area contributed by atoms with Crippen molar-refractivity contribution in [1.29, 1.82) is 0 Å². The molecule has 0 bridgehead atoms. The zero-order valence-corrected chi connectivity index (χ0v) is 14.8. The van der Waals surface area contributed by atoms with E-state index in [-0.39, 0.29) is 6.04 Å². The maximum Gasteiger partial charge on any atom is 0.0595 e. The Balaban J connectivity index is 2.41. The maximum atomic E-state index is 6.16. The van der Waals surface area contributed by atoms with Gasteiger partial charge in [-0.1, -0.05) is 54.4 Å². The minimum absolute atomic E-state index is 0.137. The third-order valence-electron chi connectivity index (χ3n) is 3.09. The number of halogens is 3. The number of nitrogens with one attached hydrogen (secondary N) is 1. The van der Waals surface area contributed by atoms with Crippen LogP contribution in [0.5, 0.6) is 0 Å². The highest BCUT2D eigenvalue weighted by atomic mass is 127. The predicted octanol–water partition coefficient (Wildman–Crippen LogP) is 5.69. The zero-order chi connectivity index (χ0) is 14.5. The SMILES string of the molecule is CCCNC(c1ccc(Cl)c(Cl)c1)c1ccccc1I. The van der Waals surface area contributed by atoms with E-state index in [1.165, 1.54) is 9.13 Å². The molecule has 20 heavy (non-hydrogen) atoms. The summed E-state index contributed by atoms with van der Waals surface area (Å²) < 4.78 is 1.24. The van der Waals surface area contributed by atoms with E-state index in [0.29, 0.717) is 10.0 Å². The Morgan fingerprint density at radius 2 is 1.85 bits per heavy atom. The second-order valence-electron chi connectivity index (χ2n) is 4.58. The molecule has 4 heteroatoms. The van der Waals surface area contributed by atoms with Crippen LogP contribution in [-0.4, -0.2) is 6.54 Å². The van der Waals surface area contributed by atoms with Gasteiger partial charge in [0.1, 0.15) is 0 Å². The summed E-state index contributed by atoms with van der Waals surface area (Å²) in [6.45, 7) is 3.12. The van der Waals surface area contributed by atoms with Crippen molar-refractivity contribution in [2.24, 2.45) is 0 Å². The fourth-order valence-corrected chi connectivity index (χ4v) is 3.10. The number of rotatable bonds is 5. The summed E-state index contributed by atoms with van der Waals surface area (Å²) in [5, 5.41) is 4.77. The van der Waals surface area contributed by atoms with Crippen molar-refractivity contribution in [1.82, 2.24) is 5.32 Å². The first-order chi connectivity index (χ1) is 9.63. The molecule has 0 saturated carbocycles. The van der Waals surface area contributed by atoms with Crippen molar-refractivity contribution in [3.05, 3.63) is 67.2 Å². The molecule has 2 aromatic carbocycles. The summed E-state index contributed by atoms with van der Waals surface area (Å²) in [6, 6.07) is 14.4. The molecule has 0 radical (unpaired) electrons. The second-order valence-corrected chi connectivity index (χ2v) is 6.56. The lowest BCUT2D eigenvalue weighted by Crippen LogP contribution is -2.24. The van der Waals surface area contributed by atoms with Crippen molar-refractivity contribution in [2.75, 3.05) is 6.54 Å². The lowest BCUT2D eigenvalue weighted by molar-refractivity contribution is 0.597. The fourth-order valence-electron chi connectivity index (χ4n) is 2.10. The smallest absolute Gasteiger partial charge is 0.0595 e. The molecule has 0 amide bonds. The Hall–Kier alpha value is -0.290. The van der Waals surface area contributed by atoms with Gasteiger partial charge in [0.15, 0.2) is 0 Å². The van der Waals surface area contributed by atoms with Gasteiger partial charge in [-0.3, -0.25) is 0 Å². The van der Waals surface area contributed by atoms with Gasteiger partial charge in [-0.15, -0.1) is 0 Å². The summed E-state index contributed by atoms with van der Waals surface area (Å²) in [7, 11) is 0. The average Bonchev–Trinajstić information content (AvgIpc) is 2.44. The molecule has 1 N–H and O–H groups in total. The third kappa shape index (κ3) is 3.88. The molecule has 0 fully saturated rings. The van der Waals surface area contributed by atoms with Gasteiger partial charge in [-0.2, -0.15) is 0 Å². The Labute approximate surface area is 143 Å². The second kappa shape index (κ2) is 7.64. The first-order valence-corrected chi connectivity index (χ1v) is 8.39. The van der Waals surface area contributed by atoms with Crippen LogP contribution < -0.4 is 5.32 Å². The molecule has 0 heterocycles. The van der Waals surface area contributed by atoms with Gasteiger partial charge >= 0.3 is 0 Å². The van der Waals surface area contributed by atoms with E-state index in [2.05, 4.69) is 59.1 Å². The van der Waals surface area contributed by atoms with Gasteiger partial charge in [-0.05, 0) is 64.9 Å². The van der Waals surface area contributed by atoms with Crippen LogP contribution in [0, 0.1) is 3.57 Å². The summed E-state index contributed by atoms with van der Waals surface area (Å²) in [5.41, 5.74) is 2.40. The zero-order valence-electron chi connectivity index (χ0n) is 11.2. The molecular weight excluding hydrogens is 404 g/mol. The van der Waals surface area contributed by atoms with Gasteiger partial charge in [0.2, 0.25) is 0 Å². The van der Waals surface area contributed by atoms with Crippen molar-refractivity contribution in [3.63, 3.8) is 0 Å². The average molecular weight is 420 g/mol. The molecule has 0 spiro atoms. The molecule has 0 aliphatic carbocycles. The highest BCUT2D eigenvalue weighted by molar-refractivity contribution is 14.1. The molecule has 0 aromatic heterocycles. The first kappa shape index (κ1) is 16.1. The van der Waals surface area contributed by atoms with E-state index in [0.717, 1.165) is 18.5 Å². The van der Waals surface area contributed by atoms with Crippen LogP contribution in [0.3, 0.4) is 0 Å². The minimum atomic E-state index is 0.137. The van der Waals surface area contributed by atoms with Crippen LogP contribution in [0.15, 0.2) is 42.5 Å². The molecule has 1 atom stereocenters. The van der Waals surface area contributed by atoms with Gasteiger partial charge in [-0.25, -0.2) is 0 Å². The van der Waals surface area contributed by atoms with Gasteiger partial charge in [0, 0.05) is 3.57 Å². The Morgan fingerprint density at radius 1 is 1.10 bits per heavy atom. The topological polar surface area (TPSA) is 12.0 Å². The lowest BCUT2D eigenvalue weighted by Gasteiger charge is -2.21. The van der Waals surface area contributed by atoms with Crippen LogP contribution in [0.1, 0.15) is 30.5 Å². The molecule has 2 aromatic rings. The van der Waals surface area contributed by atoms with Crippen molar-refractivity contribution in [2.45, 2.75) is 19.4 Å². The molecule has 1 unspecified atom stereocenters. The van der Waals surface area contributed by atoms with Gasteiger partial charge in [0.25, 0.3) is 0 Å². The largest absolute Gasteiger partial charge is 0.306 e. The molecule has 0 saturated heterocycles. The van der Waals surface area contributed by atoms with E-state index in [4.69, 9.17) is 23.2 Å². The van der Waals surface area contributed by atoms with E-state index >= 15 is 0 Å². The van der Waals surface area contributed by atoms with Crippen molar-refractivity contribution in [3.8, 4) is 0 Å². The van der Waals surface area contributed by atoms with Gasteiger partial charge in [0.05, 0.1) is 16.1 Å². The van der Waals surface area contributed by atoms with E-state index < -0.39 is 0 Å². The Kier molecular flexibility index (Phi) is 6.15. The lowest BCUT2D eigenvalue weighted by atomic mass is 9.98. The van der Waals surface area contributed by atoms with Crippen LogP contribution >= 0.6 is 45.8 Å². The summed E-state index contributed by atoms with van der Waals surface area (Å²) in [6.07, 6.45) is 1.08. The minimum Gasteiger partial charge on any atom is -0.306 e. The molecule has 0 aliphatic heterocycles. The number of benzene rings is 2. The highest BCUT2D eigenvalue weighted by Gasteiger charge is 2.16. The van der Waals surface area contributed by atoms with Crippen molar-refractivity contribution < 1.29 is 0 Å². The maximum absolute atomic E-state index is 6.16. The van der Waals surface area contributed by atoms with Gasteiger partial charge < -0.3 is 5.32 Å². The number of hydrogen-bond acceptors (Lipinski definition) is 1. The van der Waals surface area contributed by atoms with Crippen LogP contribution in [0.25, 0.3) is 0 Å². The predicted molar refractivity (Wildman–Crippen MR) is 95.8 cm³/mol. The quantitative estimate of drug-likeness (QED) is 0.614. The van der Waals surface area contributed by atoms with E-state index in [1.807, 2.05) is 18.2 Å². The Morgan fingerprint density at radius 3 is 2.50 bits per heavy atom.